The van der Waals surface area contributed by atoms with E-state index in [9.17, 15) is 4.79 Å². The summed E-state index contributed by atoms with van der Waals surface area (Å²) in [6.07, 6.45) is 3.47. The third kappa shape index (κ3) is 3.63. The SMILES string of the molecule is COc1ccc(OC2CCN(C(=O)c3ccc(C4CC4)cc3)C2)cc1. The molecule has 1 atom stereocenters. The summed E-state index contributed by atoms with van der Waals surface area (Å²) in [4.78, 5) is 14.6. The summed E-state index contributed by atoms with van der Waals surface area (Å²) in [5.41, 5.74) is 2.13. The summed E-state index contributed by atoms with van der Waals surface area (Å²) in [5.74, 6) is 2.44. The van der Waals surface area contributed by atoms with Crippen LogP contribution in [0.1, 0.15) is 41.1 Å². The van der Waals surface area contributed by atoms with Gasteiger partial charge in [0.05, 0.1) is 13.7 Å². The van der Waals surface area contributed by atoms with Crippen molar-refractivity contribution in [1.29, 1.82) is 0 Å². The minimum absolute atomic E-state index is 0.0445. The highest BCUT2D eigenvalue weighted by atomic mass is 16.5. The van der Waals surface area contributed by atoms with E-state index in [1.54, 1.807) is 7.11 Å². The van der Waals surface area contributed by atoms with Gasteiger partial charge >= 0.3 is 0 Å². The van der Waals surface area contributed by atoms with Gasteiger partial charge in [-0.05, 0) is 60.7 Å². The average Bonchev–Trinajstić information content (AvgIpc) is 3.41. The first-order valence-corrected chi connectivity index (χ1v) is 8.93. The lowest BCUT2D eigenvalue weighted by atomic mass is 10.1. The van der Waals surface area contributed by atoms with E-state index in [1.807, 2.05) is 41.3 Å². The predicted octanol–water partition coefficient (Wildman–Crippen LogP) is 3.87. The molecule has 1 heterocycles. The van der Waals surface area contributed by atoms with Crippen LogP contribution in [0.3, 0.4) is 0 Å². The Kier molecular flexibility index (Phi) is 4.35. The molecule has 2 aromatic carbocycles. The van der Waals surface area contributed by atoms with Crippen LogP contribution in [0.2, 0.25) is 0 Å². The summed E-state index contributed by atoms with van der Waals surface area (Å²) in [5, 5.41) is 0. The Morgan fingerprint density at radius 2 is 1.64 bits per heavy atom. The van der Waals surface area contributed by atoms with Crippen molar-refractivity contribution in [1.82, 2.24) is 4.90 Å². The molecule has 1 aliphatic carbocycles. The maximum atomic E-state index is 12.7. The number of carbonyl (C=O) groups excluding carboxylic acids is 1. The zero-order valence-corrected chi connectivity index (χ0v) is 14.5. The topological polar surface area (TPSA) is 38.8 Å². The molecule has 2 fully saturated rings. The van der Waals surface area contributed by atoms with Gasteiger partial charge in [0, 0.05) is 18.5 Å². The van der Waals surface area contributed by atoms with E-state index in [-0.39, 0.29) is 12.0 Å². The summed E-state index contributed by atoms with van der Waals surface area (Å²) < 4.78 is 11.2. The lowest BCUT2D eigenvalue weighted by molar-refractivity contribution is 0.0772. The van der Waals surface area contributed by atoms with Crippen molar-refractivity contribution in [2.75, 3.05) is 20.2 Å². The first-order chi connectivity index (χ1) is 12.2. The molecule has 0 aromatic heterocycles. The average molecular weight is 337 g/mol. The predicted molar refractivity (Wildman–Crippen MR) is 96.3 cm³/mol. The normalized spacial score (nSPS) is 19.7. The molecule has 0 radical (unpaired) electrons. The van der Waals surface area contributed by atoms with Crippen molar-refractivity contribution in [3.05, 3.63) is 59.7 Å². The van der Waals surface area contributed by atoms with Crippen LogP contribution in [0.15, 0.2) is 48.5 Å². The zero-order valence-electron chi connectivity index (χ0n) is 14.5. The number of ether oxygens (including phenoxy) is 2. The Labute approximate surface area is 148 Å². The van der Waals surface area contributed by atoms with Gasteiger partial charge < -0.3 is 14.4 Å². The van der Waals surface area contributed by atoms with Crippen molar-refractivity contribution in [3.63, 3.8) is 0 Å². The van der Waals surface area contributed by atoms with Crippen LogP contribution < -0.4 is 9.47 Å². The third-order valence-electron chi connectivity index (χ3n) is 5.00. The van der Waals surface area contributed by atoms with Gasteiger partial charge in [0.15, 0.2) is 0 Å². The molecule has 1 unspecified atom stereocenters. The van der Waals surface area contributed by atoms with Gasteiger partial charge in [0.2, 0.25) is 0 Å². The zero-order chi connectivity index (χ0) is 17.2. The number of likely N-dealkylation sites (tertiary alicyclic amines) is 1. The van der Waals surface area contributed by atoms with Crippen molar-refractivity contribution in [3.8, 4) is 11.5 Å². The molecule has 4 rings (SSSR count). The van der Waals surface area contributed by atoms with E-state index in [2.05, 4.69) is 12.1 Å². The van der Waals surface area contributed by atoms with E-state index in [0.717, 1.165) is 35.9 Å². The number of methoxy groups -OCH3 is 1. The van der Waals surface area contributed by atoms with Crippen LogP contribution in [0.4, 0.5) is 0 Å². The second-order valence-corrected chi connectivity index (χ2v) is 6.85. The molecular weight excluding hydrogens is 314 g/mol. The Bertz CT molecular complexity index is 735. The third-order valence-corrected chi connectivity index (χ3v) is 5.00. The minimum atomic E-state index is 0.0445. The minimum Gasteiger partial charge on any atom is -0.497 e. The fraction of sp³-hybridized carbons (Fsp3) is 0.381. The van der Waals surface area contributed by atoms with Gasteiger partial charge in [0.25, 0.3) is 5.91 Å². The maximum Gasteiger partial charge on any atom is 0.253 e. The summed E-state index contributed by atoms with van der Waals surface area (Å²) >= 11 is 0. The molecule has 2 aliphatic rings. The molecule has 130 valence electrons. The van der Waals surface area contributed by atoms with E-state index in [4.69, 9.17) is 9.47 Å². The van der Waals surface area contributed by atoms with Crippen LogP contribution in [0.25, 0.3) is 0 Å². The lowest BCUT2D eigenvalue weighted by Crippen LogP contribution is -2.30. The van der Waals surface area contributed by atoms with Crippen LogP contribution in [0, 0.1) is 0 Å². The molecule has 0 spiro atoms. The molecule has 25 heavy (non-hydrogen) atoms. The number of hydrogen-bond donors (Lipinski definition) is 0. The van der Waals surface area contributed by atoms with Crippen LogP contribution in [-0.4, -0.2) is 37.1 Å². The molecule has 0 bridgehead atoms. The fourth-order valence-corrected chi connectivity index (χ4v) is 3.35. The van der Waals surface area contributed by atoms with Gasteiger partial charge in [0.1, 0.15) is 17.6 Å². The molecule has 4 heteroatoms. The summed E-state index contributed by atoms with van der Waals surface area (Å²) in [6, 6.07) is 15.7. The van der Waals surface area contributed by atoms with Crippen molar-refractivity contribution in [2.24, 2.45) is 0 Å². The maximum absolute atomic E-state index is 12.7. The number of carbonyl (C=O) groups is 1. The van der Waals surface area contributed by atoms with Crippen molar-refractivity contribution >= 4 is 5.91 Å². The fourth-order valence-electron chi connectivity index (χ4n) is 3.35. The Balaban J connectivity index is 1.35. The van der Waals surface area contributed by atoms with Crippen molar-refractivity contribution in [2.45, 2.75) is 31.3 Å². The highest BCUT2D eigenvalue weighted by Crippen LogP contribution is 2.40. The van der Waals surface area contributed by atoms with E-state index in [0.29, 0.717) is 6.54 Å². The van der Waals surface area contributed by atoms with Gasteiger partial charge in [-0.3, -0.25) is 4.79 Å². The number of hydrogen-bond acceptors (Lipinski definition) is 3. The number of rotatable bonds is 5. The standard InChI is InChI=1S/C21H23NO3/c1-24-18-8-10-19(11-9-18)25-20-12-13-22(14-20)21(23)17-6-4-16(5-7-17)15-2-3-15/h4-11,15,20H,2-3,12-14H2,1H3. The first kappa shape index (κ1) is 16.0. The van der Waals surface area contributed by atoms with Gasteiger partial charge in [-0.2, -0.15) is 0 Å². The van der Waals surface area contributed by atoms with Crippen LogP contribution in [-0.2, 0) is 0 Å². The van der Waals surface area contributed by atoms with E-state index in [1.165, 1.54) is 18.4 Å². The van der Waals surface area contributed by atoms with Gasteiger partial charge in [-0.25, -0.2) is 0 Å². The molecule has 1 saturated heterocycles. The monoisotopic (exact) mass is 337 g/mol. The molecule has 1 amide bonds. The quantitative estimate of drug-likeness (QED) is 0.831. The van der Waals surface area contributed by atoms with Gasteiger partial charge in [-0.1, -0.05) is 12.1 Å². The first-order valence-electron chi connectivity index (χ1n) is 8.93. The largest absolute Gasteiger partial charge is 0.497 e. The molecule has 2 aromatic rings. The van der Waals surface area contributed by atoms with E-state index < -0.39 is 0 Å². The number of amides is 1. The molecule has 1 aliphatic heterocycles. The van der Waals surface area contributed by atoms with Gasteiger partial charge in [-0.15, -0.1) is 0 Å². The number of benzene rings is 2. The lowest BCUT2D eigenvalue weighted by Gasteiger charge is -2.17. The highest BCUT2D eigenvalue weighted by Gasteiger charge is 2.29. The second-order valence-electron chi connectivity index (χ2n) is 6.85. The van der Waals surface area contributed by atoms with Crippen LogP contribution >= 0.6 is 0 Å². The summed E-state index contributed by atoms with van der Waals surface area (Å²) in [7, 11) is 1.65. The molecule has 4 nitrogen and oxygen atoms in total. The van der Waals surface area contributed by atoms with Crippen LogP contribution in [0.5, 0.6) is 11.5 Å². The van der Waals surface area contributed by atoms with E-state index >= 15 is 0 Å². The second kappa shape index (κ2) is 6.79. The molecular formula is C21H23NO3. The molecule has 0 N–H and O–H groups in total. The smallest absolute Gasteiger partial charge is 0.253 e. The highest BCUT2D eigenvalue weighted by molar-refractivity contribution is 5.94. The molecule has 1 saturated carbocycles. The Morgan fingerprint density at radius 1 is 0.960 bits per heavy atom. The number of nitrogens with zero attached hydrogens (tertiary/aromatic N) is 1. The Hall–Kier alpha value is -2.49. The van der Waals surface area contributed by atoms with Crippen molar-refractivity contribution < 1.29 is 14.3 Å². The Morgan fingerprint density at radius 3 is 2.28 bits per heavy atom. The summed E-state index contributed by atoms with van der Waals surface area (Å²) in [6.45, 7) is 1.37.